The first-order valence-corrected chi connectivity index (χ1v) is 9.03. The number of aromatic nitrogens is 4. The standard InChI is InChI=1S/C20H23N5O/c1-15-6-8-17(9-7-15)25-16(2)19(13-22-25)20(26)24-12-3-5-18(24)14-23-11-4-10-21-23/h4,6-11,13,18H,3,5,12,14H2,1-2H3/t18-/m0/s1. The van der Waals surface area contributed by atoms with Crippen molar-refractivity contribution in [1.82, 2.24) is 24.5 Å². The van der Waals surface area contributed by atoms with E-state index in [1.54, 1.807) is 12.4 Å². The number of carbonyl (C=O) groups excluding carboxylic acids is 1. The van der Waals surface area contributed by atoms with E-state index < -0.39 is 0 Å². The van der Waals surface area contributed by atoms with Gasteiger partial charge < -0.3 is 4.90 Å². The van der Waals surface area contributed by atoms with E-state index in [0.717, 1.165) is 37.3 Å². The van der Waals surface area contributed by atoms with Crippen molar-refractivity contribution >= 4 is 5.91 Å². The lowest BCUT2D eigenvalue weighted by atomic mass is 10.2. The zero-order valence-corrected chi connectivity index (χ0v) is 15.2. The van der Waals surface area contributed by atoms with Crippen molar-refractivity contribution in [3.63, 3.8) is 0 Å². The Bertz CT molecular complexity index is 895. The zero-order valence-electron chi connectivity index (χ0n) is 15.2. The summed E-state index contributed by atoms with van der Waals surface area (Å²) in [6, 6.07) is 10.3. The van der Waals surface area contributed by atoms with Crippen molar-refractivity contribution < 1.29 is 4.79 Å². The Labute approximate surface area is 153 Å². The molecule has 26 heavy (non-hydrogen) atoms. The third-order valence-corrected chi connectivity index (χ3v) is 5.11. The molecule has 6 heteroatoms. The van der Waals surface area contributed by atoms with Crippen LogP contribution >= 0.6 is 0 Å². The van der Waals surface area contributed by atoms with E-state index in [2.05, 4.69) is 29.3 Å². The van der Waals surface area contributed by atoms with Crippen LogP contribution in [0.25, 0.3) is 5.69 Å². The first-order chi connectivity index (χ1) is 12.6. The topological polar surface area (TPSA) is 56.0 Å². The first kappa shape index (κ1) is 16.6. The summed E-state index contributed by atoms with van der Waals surface area (Å²) >= 11 is 0. The third-order valence-electron chi connectivity index (χ3n) is 5.11. The van der Waals surface area contributed by atoms with Crippen LogP contribution in [0.2, 0.25) is 0 Å². The molecule has 3 heterocycles. The highest BCUT2D eigenvalue weighted by Gasteiger charge is 2.31. The SMILES string of the molecule is Cc1ccc(-n2ncc(C(=O)N3CCC[C@H]3Cn3cccn3)c2C)cc1. The van der Waals surface area contributed by atoms with Crippen LogP contribution in [0.3, 0.4) is 0 Å². The number of hydrogen-bond acceptors (Lipinski definition) is 3. The summed E-state index contributed by atoms with van der Waals surface area (Å²) in [5.74, 6) is 0.0653. The van der Waals surface area contributed by atoms with Gasteiger partial charge in [-0.15, -0.1) is 0 Å². The molecule has 1 atom stereocenters. The van der Waals surface area contributed by atoms with Gasteiger partial charge in [0.15, 0.2) is 0 Å². The lowest BCUT2D eigenvalue weighted by Gasteiger charge is -2.24. The highest BCUT2D eigenvalue weighted by Crippen LogP contribution is 2.23. The molecule has 0 saturated carbocycles. The Morgan fingerprint density at radius 1 is 1.19 bits per heavy atom. The summed E-state index contributed by atoms with van der Waals surface area (Å²) in [4.78, 5) is 15.1. The lowest BCUT2D eigenvalue weighted by Crippen LogP contribution is -2.38. The van der Waals surface area contributed by atoms with E-state index in [0.29, 0.717) is 5.56 Å². The monoisotopic (exact) mass is 349 g/mol. The molecular weight excluding hydrogens is 326 g/mol. The molecule has 1 aromatic carbocycles. The van der Waals surface area contributed by atoms with E-state index >= 15 is 0 Å². The molecule has 1 aliphatic rings. The van der Waals surface area contributed by atoms with Crippen molar-refractivity contribution in [2.75, 3.05) is 6.54 Å². The van der Waals surface area contributed by atoms with Crippen molar-refractivity contribution in [2.45, 2.75) is 39.3 Å². The minimum Gasteiger partial charge on any atom is -0.334 e. The summed E-state index contributed by atoms with van der Waals surface area (Å²) in [5.41, 5.74) is 3.73. The normalized spacial score (nSPS) is 17.0. The highest BCUT2D eigenvalue weighted by atomic mass is 16.2. The van der Waals surface area contributed by atoms with Gasteiger partial charge >= 0.3 is 0 Å². The predicted molar refractivity (Wildman–Crippen MR) is 99.3 cm³/mol. The molecule has 0 aliphatic carbocycles. The Morgan fingerprint density at radius 3 is 2.73 bits per heavy atom. The van der Waals surface area contributed by atoms with Crippen LogP contribution in [-0.4, -0.2) is 43.0 Å². The Morgan fingerprint density at radius 2 is 2.00 bits per heavy atom. The number of rotatable bonds is 4. The van der Waals surface area contributed by atoms with Gasteiger partial charge in [-0.25, -0.2) is 4.68 Å². The van der Waals surface area contributed by atoms with E-state index in [1.807, 2.05) is 45.6 Å². The predicted octanol–water partition coefficient (Wildman–Crippen LogP) is 2.99. The number of benzene rings is 1. The van der Waals surface area contributed by atoms with Gasteiger partial charge in [-0.05, 0) is 44.9 Å². The lowest BCUT2D eigenvalue weighted by molar-refractivity contribution is 0.0721. The Hall–Kier alpha value is -2.89. The zero-order chi connectivity index (χ0) is 18.1. The number of hydrogen-bond donors (Lipinski definition) is 0. The van der Waals surface area contributed by atoms with Crippen LogP contribution in [0.4, 0.5) is 0 Å². The van der Waals surface area contributed by atoms with Crippen LogP contribution in [0.1, 0.15) is 34.5 Å². The van der Waals surface area contributed by atoms with Crippen molar-refractivity contribution in [1.29, 1.82) is 0 Å². The fourth-order valence-corrected chi connectivity index (χ4v) is 3.64. The molecule has 0 N–H and O–H groups in total. The summed E-state index contributed by atoms with van der Waals surface area (Å²) in [5, 5.41) is 8.74. The number of nitrogens with zero attached hydrogens (tertiary/aromatic N) is 5. The summed E-state index contributed by atoms with van der Waals surface area (Å²) in [6.45, 7) is 5.55. The fraction of sp³-hybridized carbons (Fsp3) is 0.350. The van der Waals surface area contributed by atoms with Crippen LogP contribution in [0.15, 0.2) is 48.9 Å². The minimum absolute atomic E-state index is 0.0653. The average Bonchev–Trinajstić information content (AvgIpc) is 3.37. The molecule has 0 spiro atoms. The van der Waals surface area contributed by atoms with Gasteiger partial charge in [0.2, 0.25) is 0 Å². The molecule has 0 radical (unpaired) electrons. The van der Waals surface area contributed by atoms with Crippen molar-refractivity contribution in [3.05, 3.63) is 65.7 Å². The van der Waals surface area contributed by atoms with Gasteiger partial charge in [0, 0.05) is 18.9 Å². The number of aryl methyl sites for hydroxylation is 1. The maximum Gasteiger partial charge on any atom is 0.257 e. The van der Waals surface area contributed by atoms with Crippen LogP contribution in [0, 0.1) is 13.8 Å². The molecule has 0 bridgehead atoms. The quantitative estimate of drug-likeness (QED) is 0.728. The van der Waals surface area contributed by atoms with E-state index in [-0.39, 0.29) is 11.9 Å². The molecule has 134 valence electrons. The van der Waals surface area contributed by atoms with E-state index in [9.17, 15) is 4.79 Å². The molecule has 1 aliphatic heterocycles. The molecule has 6 nitrogen and oxygen atoms in total. The molecule has 1 saturated heterocycles. The van der Waals surface area contributed by atoms with Gasteiger partial charge in [0.25, 0.3) is 5.91 Å². The number of likely N-dealkylation sites (tertiary alicyclic amines) is 1. The summed E-state index contributed by atoms with van der Waals surface area (Å²) < 4.78 is 3.74. The minimum atomic E-state index is 0.0653. The summed E-state index contributed by atoms with van der Waals surface area (Å²) in [7, 11) is 0. The molecule has 3 aromatic rings. The van der Waals surface area contributed by atoms with Crippen molar-refractivity contribution in [3.8, 4) is 5.69 Å². The van der Waals surface area contributed by atoms with Crippen LogP contribution in [-0.2, 0) is 6.54 Å². The average molecular weight is 349 g/mol. The number of carbonyl (C=O) groups is 1. The Kier molecular flexibility index (Phi) is 4.32. The fourth-order valence-electron chi connectivity index (χ4n) is 3.64. The summed E-state index contributed by atoms with van der Waals surface area (Å²) in [6.07, 6.45) is 7.46. The Balaban J connectivity index is 1.57. The molecule has 1 fully saturated rings. The van der Waals surface area contributed by atoms with Gasteiger partial charge in [-0.1, -0.05) is 17.7 Å². The largest absolute Gasteiger partial charge is 0.334 e. The molecule has 2 aromatic heterocycles. The maximum absolute atomic E-state index is 13.1. The smallest absolute Gasteiger partial charge is 0.257 e. The molecule has 1 amide bonds. The van der Waals surface area contributed by atoms with Gasteiger partial charge in [-0.3, -0.25) is 9.48 Å². The highest BCUT2D eigenvalue weighted by molar-refractivity contribution is 5.95. The molecule has 0 unspecified atom stereocenters. The van der Waals surface area contributed by atoms with Crippen LogP contribution < -0.4 is 0 Å². The third kappa shape index (κ3) is 3.03. The molecule has 4 rings (SSSR count). The first-order valence-electron chi connectivity index (χ1n) is 9.03. The van der Waals surface area contributed by atoms with Gasteiger partial charge in [-0.2, -0.15) is 10.2 Å². The second kappa shape index (κ2) is 6.78. The number of amides is 1. The molecular formula is C20H23N5O. The van der Waals surface area contributed by atoms with E-state index in [4.69, 9.17) is 0 Å². The van der Waals surface area contributed by atoms with Crippen LogP contribution in [0.5, 0.6) is 0 Å². The van der Waals surface area contributed by atoms with E-state index in [1.165, 1.54) is 5.56 Å². The second-order valence-electron chi connectivity index (χ2n) is 6.91. The second-order valence-corrected chi connectivity index (χ2v) is 6.91. The van der Waals surface area contributed by atoms with Gasteiger partial charge in [0.05, 0.1) is 35.7 Å². The maximum atomic E-state index is 13.1. The van der Waals surface area contributed by atoms with Gasteiger partial charge in [0.1, 0.15) is 0 Å². The van der Waals surface area contributed by atoms with Crippen molar-refractivity contribution in [2.24, 2.45) is 0 Å².